The summed E-state index contributed by atoms with van der Waals surface area (Å²) in [6.07, 6.45) is 1.81. The van der Waals surface area contributed by atoms with Gasteiger partial charge in [-0.3, -0.25) is 0 Å². The van der Waals surface area contributed by atoms with E-state index in [2.05, 4.69) is 13.8 Å². The molecule has 0 aliphatic heterocycles. The molecule has 0 heterocycles. The van der Waals surface area contributed by atoms with Gasteiger partial charge in [0, 0.05) is 19.5 Å². The number of rotatable bonds is 7. The highest BCUT2D eigenvalue weighted by Crippen LogP contribution is 2.21. The number of halogens is 1. The van der Waals surface area contributed by atoms with Crippen molar-refractivity contribution in [3.8, 4) is 0 Å². The molecule has 0 saturated carbocycles. The van der Waals surface area contributed by atoms with Crippen LogP contribution in [0.4, 0.5) is 0 Å². The summed E-state index contributed by atoms with van der Waals surface area (Å²) < 4.78 is 26.5. The molecule has 1 aromatic carbocycles. The van der Waals surface area contributed by atoms with Gasteiger partial charge in [0.2, 0.25) is 10.0 Å². The number of benzene rings is 1. The van der Waals surface area contributed by atoms with Crippen molar-refractivity contribution < 1.29 is 8.42 Å². The van der Waals surface area contributed by atoms with Crippen LogP contribution in [0, 0.1) is 5.92 Å². The molecule has 0 saturated heterocycles. The fourth-order valence-electron chi connectivity index (χ4n) is 2.08. The van der Waals surface area contributed by atoms with Crippen molar-refractivity contribution in [2.75, 3.05) is 13.6 Å². The molecule has 0 radical (unpaired) electrons. The highest BCUT2D eigenvalue weighted by molar-refractivity contribution is 7.89. The number of alkyl halides is 1. The molecule has 20 heavy (non-hydrogen) atoms. The summed E-state index contributed by atoms with van der Waals surface area (Å²) in [5.41, 5.74) is 2.00. The lowest BCUT2D eigenvalue weighted by Gasteiger charge is -2.21. The number of aryl methyl sites for hydroxylation is 1. The smallest absolute Gasteiger partial charge is 0.207 e. The Hall–Kier alpha value is -0.580. The highest BCUT2D eigenvalue weighted by atomic mass is 35.5. The van der Waals surface area contributed by atoms with E-state index >= 15 is 0 Å². The van der Waals surface area contributed by atoms with Crippen LogP contribution in [0.3, 0.4) is 0 Å². The topological polar surface area (TPSA) is 37.4 Å². The molecule has 0 N–H and O–H groups in total. The van der Waals surface area contributed by atoms with E-state index in [0.29, 0.717) is 23.2 Å². The molecule has 0 aromatic heterocycles. The van der Waals surface area contributed by atoms with Crippen molar-refractivity contribution in [3.05, 3.63) is 29.3 Å². The van der Waals surface area contributed by atoms with E-state index in [4.69, 9.17) is 11.6 Å². The Morgan fingerprint density at radius 2 is 1.90 bits per heavy atom. The Morgan fingerprint density at radius 1 is 1.25 bits per heavy atom. The zero-order valence-corrected chi connectivity index (χ0v) is 14.3. The molecular formula is C15H24ClNO2S. The number of sulfonamides is 1. The van der Waals surface area contributed by atoms with Crippen molar-refractivity contribution in [2.45, 2.75) is 44.4 Å². The molecule has 1 aromatic rings. The summed E-state index contributed by atoms with van der Waals surface area (Å²) in [7, 11) is -1.79. The molecule has 0 aliphatic carbocycles. The van der Waals surface area contributed by atoms with E-state index in [0.717, 1.165) is 24.0 Å². The average Bonchev–Trinajstić information content (AvgIpc) is 2.45. The second kappa shape index (κ2) is 7.43. The lowest BCUT2D eigenvalue weighted by molar-refractivity contribution is 0.393. The van der Waals surface area contributed by atoms with Crippen LogP contribution in [0.2, 0.25) is 0 Å². The van der Waals surface area contributed by atoms with Crippen molar-refractivity contribution in [2.24, 2.45) is 5.92 Å². The Morgan fingerprint density at radius 3 is 2.40 bits per heavy atom. The van der Waals surface area contributed by atoms with Crippen LogP contribution in [0.25, 0.3) is 0 Å². The van der Waals surface area contributed by atoms with Crippen LogP contribution in [-0.4, -0.2) is 26.3 Å². The quantitative estimate of drug-likeness (QED) is 0.720. The molecule has 0 spiro atoms. The Kier molecular flexibility index (Phi) is 6.49. The van der Waals surface area contributed by atoms with E-state index in [9.17, 15) is 8.42 Å². The standard InChI is InChI=1S/C15H24ClNO2S/c1-5-12(3)11-17(4)20(18,19)15-8-7-13(6-2)14(9-15)10-16/h7-9,12H,5-6,10-11H2,1-4H3. The molecule has 1 rings (SSSR count). The third-order valence-electron chi connectivity index (χ3n) is 3.68. The second-order valence-electron chi connectivity index (χ2n) is 5.22. The molecule has 1 atom stereocenters. The molecule has 5 heteroatoms. The Bertz CT molecular complexity index is 543. The maximum absolute atomic E-state index is 12.5. The van der Waals surface area contributed by atoms with Crippen LogP contribution < -0.4 is 0 Å². The number of hydrogen-bond donors (Lipinski definition) is 0. The summed E-state index contributed by atoms with van der Waals surface area (Å²) >= 11 is 5.91. The molecule has 0 bridgehead atoms. The third-order valence-corrected chi connectivity index (χ3v) is 5.78. The minimum absolute atomic E-state index is 0.330. The maximum atomic E-state index is 12.5. The Balaban J connectivity index is 3.09. The molecule has 114 valence electrons. The first-order chi connectivity index (χ1) is 9.36. The van der Waals surface area contributed by atoms with Gasteiger partial charge in [-0.05, 0) is 35.6 Å². The largest absolute Gasteiger partial charge is 0.242 e. The first-order valence-electron chi connectivity index (χ1n) is 7.00. The van der Waals surface area contributed by atoms with E-state index in [-0.39, 0.29) is 0 Å². The zero-order chi connectivity index (χ0) is 15.3. The van der Waals surface area contributed by atoms with Crippen LogP contribution in [0.15, 0.2) is 23.1 Å². The first-order valence-corrected chi connectivity index (χ1v) is 8.98. The fraction of sp³-hybridized carbons (Fsp3) is 0.600. The van der Waals surface area contributed by atoms with Crippen LogP contribution in [0.5, 0.6) is 0 Å². The summed E-state index contributed by atoms with van der Waals surface area (Å²) in [4.78, 5) is 0.330. The normalized spacial score (nSPS) is 13.7. The lowest BCUT2D eigenvalue weighted by Crippen LogP contribution is -2.31. The van der Waals surface area contributed by atoms with E-state index < -0.39 is 10.0 Å². The SMILES string of the molecule is CCc1ccc(S(=O)(=O)N(C)CC(C)CC)cc1CCl. The zero-order valence-electron chi connectivity index (χ0n) is 12.7. The maximum Gasteiger partial charge on any atom is 0.242 e. The van der Waals surface area contributed by atoms with Gasteiger partial charge in [-0.15, -0.1) is 11.6 Å². The van der Waals surface area contributed by atoms with E-state index in [1.807, 2.05) is 13.0 Å². The molecular weight excluding hydrogens is 294 g/mol. The van der Waals surface area contributed by atoms with Crippen molar-refractivity contribution in [1.82, 2.24) is 4.31 Å². The summed E-state index contributed by atoms with van der Waals surface area (Å²) in [6, 6.07) is 5.24. The molecule has 3 nitrogen and oxygen atoms in total. The number of hydrogen-bond acceptors (Lipinski definition) is 2. The third kappa shape index (κ3) is 3.96. The van der Waals surface area contributed by atoms with Gasteiger partial charge in [-0.2, -0.15) is 0 Å². The van der Waals surface area contributed by atoms with E-state index in [1.165, 1.54) is 4.31 Å². The number of nitrogens with zero attached hydrogens (tertiary/aromatic N) is 1. The van der Waals surface area contributed by atoms with Gasteiger partial charge in [0.05, 0.1) is 4.90 Å². The molecule has 0 aliphatic rings. The minimum atomic E-state index is -3.43. The average molecular weight is 318 g/mol. The second-order valence-corrected chi connectivity index (χ2v) is 7.53. The van der Waals surface area contributed by atoms with Crippen LogP contribution in [-0.2, 0) is 22.3 Å². The van der Waals surface area contributed by atoms with Crippen LogP contribution in [0.1, 0.15) is 38.3 Å². The summed E-state index contributed by atoms with van der Waals surface area (Å²) in [5, 5.41) is 0. The van der Waals surface area contributed by atoms with Gasteiger partial charge in [0.15, 0.2) is 0 Å². The van der Waals surface area contributed by atoms with Crippen LogP contribution >= 0.6 is 11.6 Å². The molecule has 1 unspecified atom stereocenters. The molecule has 0 amide bonds. The predicted octanol–water partition coefficient (Wildman–Crippen LogP) is 3.65. The minimum Gasteiger partial charge on any atom is -0.207 e. The lowest BCUT2D eigenvalue weighted by atomic mass is 10.1. The first kappa shape index (κ1) is 17.5. The highest BCUT2D eigenvalue weighted by Gasteiger charge is 2.22. The fourth-order valence-corrected chi connectivity index (χ4v) is 3.67. The van der Waals surface area contributed by atoms with Crippen molar-refractivity contribution in [1.29, 1.82) is 0 Å². The van der Waals surface area contributed by atoms with E-state index in [1.54, 1.807) is 19.2 Å². The summed E-state index contributed by atoms with van der Waals surface area (Å²) in [6.45, 7) is 6.68. The Labute approximate surface area is 128 Å². The van der Waals surface area contributed by atoms with Gasteiger partial charge in [0.1, 0.15) is 0 Å². The van der Waals surface area contributed by atoms with Crippen molar-refractivity contribution in [3.63, 3.8) is 0 Å². The molecule has 0 fully saturated rings. The van der Waals surface area contributed by atoms with Gasteiger partial charge in [-0.25, -0.2) is 12.7 Å². The summed E-state index contributed by atoms with van der Waals surface area (Å²) in [5.74, 6) is 0.680. The van der Waals surface area contributed by atoms with Gasteiger partial charge >= 0.3 is 0 Å². The van der Waals surface area contributed by atoms with Gasteiger partial charge in [0.25, 0.3) is 0 Å². The van der Waals surface area contributed by atoms with Crippen molar-refractivity contribution >= 4 is 21.6 Å². The van der Waals surface area contributed by atoms with Gasteiger partial charge < -0.3 is 0 Å². The van der Waals surface area contributed by atoms with Gasteiger partial charge in [-0.1, -0.05) is 33.3 Å². The predicted molar refractivity (Wildman–Crippen MR) is 84.6 cm³/mol. The monoisotopic (exact) mass is 317 g/mol.